The summed E-state index contributed by atoms with van der Waals surface area (Å²) in [5.41, 5.74) is 12.9. The molecule has 7 heteroatoms. The predicted octanol–water partition coefficient (Wildman–Crippen LogP) is 9.90. The largest absolute Gasteiger partial charge is 0.531 e. The summed E-state index contributed by atoms with van der Waals surface area (Å²) in [4.78, 5) is 9.83. The van der Waals surface area contributed by atoms with Crippen LogP contribution in [0.15, 0.2) is 164 Å². The van der Waals surface area contributed by atoms with Gasteiger partial charge in [-0.25, -0.2) is 0 Å². The summed E-state index contributed by atoms with van der Waals surface area (Å²) in [6.07, 6.45) is 0.862. The molecular formula is C53H52N4O2Si. The molecule has 0 saturated carbocycles. The number of fused-ring (bicyclic) bond motifs is 3. The van der Waals surface area contributed by atoms with Gasteiger partial charge in [0.2, 0.25) is 0 Å². The van der Waals surface area contributed by atoms with Crippen LogP contribution in [0.5, 0.6) is 11.5 Å². The van der Waals surface area contributed by atoms with Crippen molar-refractivity contribution >= 4 is 41.7 Å². The zero-order valence-electron chi connectivity index (χ0n) is 35.6. The first-order valence-corrected chi connectivity index (χ1v) is 22.8. The summed E-state index contributed by atoms with van der Waals surface area (Å²) < 4.78 is 13.9. The highest BCUT2D eigenvalue weighted by molar-refractivity contribution is 6.94. The van der Waals surface area contributed by atoms with Gasteiger partial charge in [-0.2, -0.15) is 0 Å². The van der Waals surface area contributed by atoms with Gasteiger partial charge in [0.1, 0.15) is 11.4 Å². The smallest absolute Gasteiger partial charge is 0.502 e. The van der Waals surface area contributed by atoms with Gasteiger partial charge in [0.15, 0.2) is 11.4 Å². The Morgan fingerprint density at radius 1 is 0.500 bits per heavy atom. The molecule has 10 rings (SSSR count). The van der Waals surface area contributed by atoms with E-state index in [0.717, 1.165) is 33.9 Å². The average molecular weight is 805 g/mol. The Hall–Kier alpha value is -6.44. The first-order chi connectivity index (χ1) is 29.0. The Balaban J connectivity index is 1.03. The zero-order valence-corrected chi connectivity index (χ0v) is 36.6. The molecule has 0 aliphatic carbocycles. The number of aryl methyl sites for hydroxylation is 2. The molecule has 3 heterocycles. The summed E-state index contributed by atoms with van der Waals surface area (Å²) in [7, 11) is 3.56. The van der Waals surface area contributed by atoms with Gasteiger partial charge in [-0.05, 0) is 92.3 Å². The summed E-state index contributed by atoms with van der Waals surface area (Å²) in [5.74, 6) is 1.66. The van der Waals surface area contributed by atoms with Gasteiger partial charge >= 0.3 is 8.56 Å². The van der Waals surface area contributed by atoms with Crippen LogP contribution in [0.4, 0.5) is 22.7 Å². The van der Waals surface area contributed by atoms with E-state index in [1.54, 1.807) is 0 Å². The monoisotopic (exact) mass is 804 g/mol. The molecule has 2 atom stereocenters. The molecule has 0 radical (unpaired) electrons. The molecule has 0 saturated heterocycles. The minimum Gasteiger partial charge on any atom is -0.502 e. The van der Waals surface area contributed by atoms with Crippen LogP contribution in [0.3, 0.4) is 0 Å². The van der Waals surface area contributed by atoms with E-state index in [9.17, 15) is 0 Å². The molecule has 3 aliphatic heterocycles. The molecule has 6 nitrogen and oxygen atoms in total. The number of nitrogens with zero attached hydrogens (tertiary/aromatic N) is 4. The van der Waals surface area contributed by atoms with Crippen LogP contribution in [-0.2, 0) is 18.6 Å². The minimum absolute atomic E-state index is 0.0671. The summed E-state index contributed by atoms with van der Waals surface area (Å²) in [6.45, 7) is 9.51. The van der Waals surface area contributed by atoms with Gasteiger partial charge in [0.25, 0.3) is 0 Å². The molecule has 7 aromatic rings. The molecule has 0 amide bonds. The van der Waals surface area contributed by atoms with E-state index in [1.807, 2.05) is 18.2 Å². The number of para-hydroxylation sites is 1. The predicted molar refractivity (Wildman–Crippen MR) is 250 cm³/mol. The lowest BCUT2D eigenvalue weighted by Crippen LogP contribution is -2.66. The molecule has 300 valence electrons. The standard InChI is InChI=1S/C53H52N4O2Si/c1-37-21-31-47-48(33-37)56(7)53(42-16-10-8-11-17-42,43-27-22-39(23-28-43)34-41-26-32-46-49(35-41)55(6)52(3,4)54(46)5)57(47)36-40-24-29-45(30-25-40)60(44-18-12-9-13-19-44)58-50-20-14-15-38(2)51(50)59-60/h8-33,35H,34,36H2,1-7H3. The van der Waals surface area contributed by atoms with Crippen LogP contribution < -0.4 is 38.8 Å². The van der Waals surface area contributed by atoms with Gasteiger partial charge in [-0.1, -0.05) is 133 Å². The lowest BCUT2D eigenvalue weighted by atomic mass is 9.87. The van der Waals surface area contributed by atoms with Gasteiger partial charge in [-0.15, -0.1) is 0 Å². The van der Waals surface area contributed by atoms with Crippen molar-refractivity contribution in [2.75, 3.05) is 40.7 Å². The molecule has 7 aromatic carbocycles. The quantitative estimate of drug-likeness (QED) is 0.142. The van der Waals surface area contributed by atoms with Crippen molar-refractivity contribution in [2.24, 2.45) is 0 Å². The van der Waals surface area contributed by atoms with E-state index in [0.29, 0.717) is 6.54 Å². The second-order valence-electron chi connectivity index (χ2n) is 17.3. The Morgan fingerprint density at radius 2 is 1.10 bits per heavy atom. The van der Waals surface area contributed by atoms with Crippen molar-refractivity contribution in [1.82, 2.24) is 0 Å². The second kappa shape index (κ2) is 14.1. The molecule has 3 aliphatic rings. The van der Waals surface area contributed by atoms with E-state index < -0.39 is 14.2 Å². The van der Waals surface area contributed by atoms with Crippen molar-refractivity contribution in [3.63, 3.8) is 0 Å². The third kappa shape index (κ3) is 5.74. The number of benzene rings is 7. The Labute approximate surface area is 356 Å². The zero-order chi connectivity index (χ0) is 41.4. The lowest BCUT2D eigenvalue weighted by molar-refractivity contribution is 0.489. The molecular weight excluding hydrogens is 753 g/mol. The fourth-order valence-electron chi connectivity index (χ4n) is 9.76. The van der Waals surface area contributed by atoms with E-state index in [4.69, 9.17) is 8.85 Å². The van der Waals surface area contributed by atoms with Crippen LogP contribution in [0.1, 0.15) is 52.8 Å². The van der Waals surface area contributed by atoms with Crippen LogP contribution in [0.25, 0.3) is 0 Å². The summed E-state index contributed by atoms with van der Waals surface area (Å²) in [5, 5.41) is 2.17. The summed E-state index contributed by atoms with van der Waals surface area (Å²) in [6, 6.07) is 59.8. The first kappa shape index (κ1) is 37.8. The average Bonchev–Trinajstić information content (AvgIpc) is 3.84. The molecule has 0 bridgehead atoms. The lowest BCUT2D eigenvalue weighted by Gasteiger charge is -2.45. The fraction of sp³-hybridized carbons (Fsp3) is 0.208. The summed E-state index contributed by atoms with van der Waals surface area (Å²) >= 11 is 0. The molecule has 0 aromatic heterocycles. The van der Waals surface area contributed by atoms with Gasteiger partial charge < -0.3 is 28.5 Å². The minimum atomic E-state index is -3.07. The van der Waals surface area contributed by atoms with Crippen LogP contribution in [0, 0.1) is 13.8 Å². The fourth-order valence-corrected chi connectivity index (χ4v) is 12.9. The molecule has 2 unspecified atom stereocenters. The number of hydrogen-bond acceptors (Lipinski definition) is 6. The third-order valence-electron chi connectivity index (χ3n) is 13.5. The normalized spacial score (nSPS) is 19.8. The first-order valence-electron chi connectivity index (χ1n) is 21.0. The molecule has 0 N–H and O–H groups in total. The SMILES string of the molecule is Cc1ccc2c(c1)N(C)C(c1ccccc1)(c1ccc(Cc3ccc4c(c3)N(C)C(C)(C)N4C)cc1)N2Cc1ccc([Si]2(c3ccccc3)Oc3cccc(C)c3O2)cc1. The highest BCUT2D eigenvalue weighted by Gasteiger charge is 2.53. The van der Waals surface area contributed by atoms with Gasteiger partial charge in [0, 0.05) is 49.2 Å². The topological polar surface area (TPSA) is 31.4 Å². The highest BCUT2D eigenvalue weighted by Crippen LogP contribution is 2.54. The van der Waals surface area contributed by atoms with Crippen molar-refractivity contribution in [2.45, 2.75) is 52.0 Å². The van der Waals surface area contributed by atoms with E-state index in [2.05, 4.69) is 214 Å². The van der Waals surface area contributed by atoms with Crippen molar-refractivity contribution in [1.29, 1.82) is 0 Å². The van der Waals surface area contributed by atoms with Crippen LogP contribution >= 0.6 is 0 Å². The highest BCUT2D eigenvalue weighted by atomic mass is 28.4. The van der Waals surface area contributed by atoms with Crippen molar-refractivity contribution in [3.05, 3.63) is 203 Å². The van der Waals surface area contributed by atoms with Crippen molar-refractivity contribution in [3.8, 4) is 11.5 Å². The Bertz CT molecular complexity index is 2720. The molecule has 0 fully saturated rings. The van der Waals surface area contributed by atoms with Gasteiger partial charge in [0.05, 0.1) is 22.7 Å². The third-order valence-corrected chi connectivity index (χ3v) is 16.7. The van der Waals surface area contributed by atoms with Gasteiger partial charge in [-0.3, -0.25) is 0 Å². The maximum atomic E-state index is 6.97. The Kier molecular flexibility index (Phi) is 8.88. The van der Waals surface area contributed by atoms with Crippen LogP contribution in [0.2, 0.25) is 0 Å². The number of anilines is 4. The molecule has 60 heavy (non-hydrogen) atoms. The van der Waals surface area contributed by atoms with E-state index in [1.165, 1.54) is 56.1 Å². The van der Waals surface area contributed by atoms with Crippen molar-refractivity contribution < 1.29 is 8.85 Å². The maximum absolute atomic E-state index is 6.97. The number of hydrogen-bond donors (Lipinski definition) is 0. The van der Waals surface area contributed by atoms with E-state index in [-0.39, 0.29) is 5.66 Å². The second-order valence-corrected chi connectivity index (χ2v) is 20.1. The van der Waals surface area contributed by atoms with Crippen LogP contribution in [-0.4, -0.2) is 35.4 Å². The Morgan fingerprint density at radius 3 is 1.82 bits per heavy atom. The van der Waals surface area contributed by atoms with E-state index >= 15 is 0 Å². The molecule has 0 spiro atoms. The maximum Gasteiger partial charge on any atom is 0.531 e. The number of rotatable bonds is 8.